The van der Waals surface area contributed by atoms with Crippen LogP contribution in [-0.4, -0.2) is 17.4 Å². The highest BCUT2D eigenvalue weighted by atomic mass is 16.1. The molecule has 18 heavy (non-hydrogen) atoms. The molecule has 1 unspecified atom stereocenters. The van der Waals surface area contributed by atoms with E-state index in [1.165, 1.54) is 6.42 Å². The monoisotopic (exact) mass is 248 g/mol. The first-order valence-electron chi connectivity index (χ1n) is 6.16. The standard InChI is InChI=1S/C13H20N4O/c1-8-4-9(5-11(16-8)17-14)12(18)15-7-10-6-13(10,2)3/h4-5,10H,6-7,14H2,1-3H3,(H,15,18)(H,16,17). The Bertz CT molecular complexity index is 470. The topological polar surface area (TPSA) is 80.0 Å². The molecule has 4 N–H and O–H groups in total. The Labute approximate surface area is 107 Å². The van der Waals surface area contributed by atoms with Gasteiger partial charge < -0.3 is 10.7 Å². The van der Waals surface area contributed by atoms with Crippen molar-refractivity contribution >= 4 is 11.7 Å². The summed E-state index contributed by atoms with van der Waals surface area (Å²) in [6.45, 7) is 7.01. The normalized spacial score (nSPS) is 20.3. The van der Waals surface area contributed by atoms with E-state index in [2.05, 4.69) is 29.6 Å². The van der Waals surface area contributed by atoms with Gasteiger partial charge in [0.25, 0.3) is 5.91 Å². The molecule has 1 aliphatic rings. The van der Waals surface area contributed by atoms with Gasteiger partial charge in [0.05, 0.1) is 0 Å². The van der Waals surface area contributed by atoms with Crippen LogP contribution < -0.4 is 16.6 Å². The van der Waals surface area contributed by atoms with Crippen LogP contribution in [0.15, 0.2) is 12.1 Å². The Hall–Kier alpha value is -1.62. The third-order valence-electron chi connectivity index (χ3n) is 3.59. The first-order valence-corrected chi connectivity index (χ1v) is 6.16. The van der Waals surface area contributed by atoms with Gasteiger partial charge in [-0.15, -0.1) is 0 Å². The van der Waals surface area contributed by atoms with Crippen molar-refractivity contribution in [2.45, 2.75) is 27.2 Å². The van der Waals surface area contributed by atoms with Crippen molar-refractivity contribution in [2.75, 3.05) is 12.0 Å². The Balaban J connectivity index is 1.98. The van der Waals surface area contributed by atoms with Gasteiger partial charge in [-0.1, -0.05) is 13.8 Å². The van der Waals surface area contributed by atoms with Crippen molar-refractivity contribution in [3.63, 3.8) is 0 Å². The summed E-state index contributed by atoms with van der Waals surface area (Å²) >= 11 is 0. The van der Waals surface area contributed by atoms with Crippen molar-refractivity contribution < 1.29 is 4.79 Å². The van der Waals surface area contributed by atoms with E-state index < -0.39 is 0 Å². The highest BCUT2D eigenvalue weighted by Gasteiger charge is 2.45. The van der Waals surface area contributed by atoms with Crippen LogP contribution in [0.2, 0.25) is 0 Å². The van der Waals surface area contributed by atoms with Crippen LogP contribution in [0.4, 0.5) is 5.82 Å². The lowest BCUT2D eigenvalue weighted by Crippen LogP contribution is -2.27. The molecule has 1 atom stereocenters. The number of amides is 1. The van der Waals surface area contributed by atoms with Crippen molar-refractivity contribution in [3.05, 3.63) is 23.4 Å². The van der Waals surface area contributed by atoms with Crippen LogP contribution in [-0.2, 0) is 0 Å². The maximum atomic E-state index is 12.0. The zero-order valence-corrected chi connectivity index (χ0v) is 11.1. The van der Waals surface area contributed by atoms with E-state index in [4.69, 9.17) is 5.84 Å². The molecule has 0 aliphatic heterocycles. The fourth-order valence-corrected chi connectivity index (χ4v) is 2.12. The maximum absolute atomic E-state index is 12.0. The molecule has 1 aromatic rings. The molecule has 98 valence electrons. The van der Waals surface area contributed by atoms with Gasteiger partial charge in [-0.05, 0) is 36.8 Å². The summed E-state index contributed by atoms with van der Waals surface area (Å²) in [7, 11) is 0. The fourth-order valence-electron chi connectivity index (χ4n) is 2.12. The van der Waals surface area contributed by atoms with Crippen LogP contribution in [0, 0.1) is 18.3 Å². The van der Waals surface area contributed by atoms with Gasteiger partial charge in [-0.3, -0.25) is 4.79 Å². The molecule has 1 aromatic heterocycles. The molecule has 5 nitrogen and oxygen atoms in total. The second-order valence-corrected chi connectivity index (χ2v) is 5.63. The lowest BCUT2D eigenvalue weighted by Gasteiger charge is -2.08. The van der Waals surface area contributed by atoms with Gasteiger partial charge in [0.2, 0.25) is 0 Å². The molecule has 1 aliphatic carbocycles. The number of nitrogens with one attached hydrogen (secondary N) is 2. The molecule has 0 bridgehead atoms. The second-order valence-electron chi connectivity index (χ2n) is 5.63. The lowest BCUT2D eigenvalue weighted by molar-refractivity contribution is 0.0950. The van der Waals surface area contributed by atoms with Gasteiger partial charge in [0, 0.05) is 17.8 Å². The van der Waals surface area contributed by atoms with E-state index in [-0.39, 0.29) is 5.91 Å². The molecule has 1 heterocycles. The van der Waals surface area contributed by atoms with Crippen molar-refractivity contribution in [1.29, 1.82) is 0 Å². The first kappa shape index (κ1) is 12.8. The molecule has 1 amide bonds. The predicted octanol–water partition coefficient (Wildman–Crippen LogP) is 1.45. The molecule has 0 aromatic carbocycles. The van der Waals surface area contributed by atoms with E-state index in [0.717, 1.165) is 12.2 Å². The zero-order chi connectivity index (χ0) is 13.3. The number of aromatic nitrogens is 1. The first-order chi connectivity index (χ1) is 8.42. The number of nitrogen functional groups attached to an aromatic ring is 1. The van der Waals surface area contributed by atoms with E-state index in [1.54, 1.807) is 12.1 Å². The van der Waals surface area contributed by atoms with Crippen LogP contribution in [0.5, 0.6) is 0 Å². The summed E-state index contributed by atoms with van der Waals surface area (Å²) in [5.74, 6) is 6.34. The third kappa shape index (κ3) is 2.79. The number of nitrogens with two attached hydrogens (primary N) is 1. The number of anilines is 1. The summed E-state index contributed by atoms with van der Waals surface area (Å²) in [4.78, 5) is 16.2. The summed E-state index contributed by atoms with van der Waals surface area (Å²) in [6.07, 6.45) is 1.18. The Morgan fingerprint density at radius 1 is 1.56 bits per heavy atom. The predicted molar refractivity (Wildman–Crippen MR) is 71.0 cm³/mol. The van der Waals surface area contributed by atoms with Crippen molar-refractivity contribution in [3.8, 4) is 0 Å². The van der Waals surface area contributed by atoms with Gasteiger partial charge in [-0.2, -0.15) is 0 Å². The largest absolute Gasteiger partial charge is 0.352 e. The second kappa shape index (κ2) is 4.57. The molecular weight excluding hydrogens is 228 g/mol. The summed E-state index contributed by atoms with van der Waals surface area (Å²) in [6, 6.07) is 3.41. The number of hydrazine groups is 1. The van der Waals surface area contributed by atoms with E-state index >= 15 is 0 Å². The van der Waals surface area contributed by atoms with Crippen LogP contribution in [0.25, 0.3) is 0 Å². The minimum Gasteiger partial charge on any atom is -0.352 e. The summed E-state index contributed by atoms with van der Waals surface area (Å²) in [5, 5.41) is 2.96. The number of nitrogens with zero attached hydrogens (tertiary/aromatic N) is 1. The number of hydrogen-bond donors (Lipinski definition) is 3. The molecule has 0 saturated heterocycles. The molecule has 1 fully saturated rings. The van der Waals surface area contributed by atoms with E-state index in [1.807, 2.05) is 6.92 Å². The zero-order valence-electron chi connectivity index (χ0n) is 11.1. The van der Waals surface area contributed by atoms with Crippen LogP contribution in [0.3, 0.4) is 0 Å². The third-order valence-corrected chi connectivity index (χ3v) is 3.59. The van der Waals surface area contributed by atoms with E-state index in [0.29, 0.717) is 22.7 Å². The Kier molecular flexibility index (Phi) is 3.26. The van der Waals surface area contributed by atoms with Crippen molar-refractivity contribution in [2.24, 2.45) is 17.2 Å². The molecule has 0 spiro atoms. The van der Waals surface area contributed by atoms with Gasteiger partial charge >= 0.3 is 0 Å². The number of aryl methyl sites for hydroxylation is 1. The van der Waals surface area contributed by atoms with Gasteiger partial charge in [-0.25, -0.2) is 10.8 Å². The SMILES string of the molecule is Cc1cc(C(=O)NCC2CC2(C)C)cc(NN)n1. The molecule has 5 heteroatoms. The molecule has 2 rings (SSSR count). The maximum Gasteiger partial charge on any atom is 0.251 e. The molecular formula is C13H20N4O. The van der Waals surface area contributed by atoms with Crippen LogP contribution in [0.1, 0.15) is 36.3 Å². The summed E-state index contributed by atoms with van der Waals surface area (Å²) < 4.78 is 0. The number of hydrogen-bond acceptors (Lipinski definition) is 4. The minimum absolute atomic E-state index is 0.0697. The molecule has 0 radical (unpaired) electrons. The Morgan fingerprint density at radius 2 is 2.22 bits per heavy atom. The molecule has 1 saturated carbocycles. The highest BCUT2D eigenvalue weighted by Crippen LogP contribution is 2.50. The smallest absolute Gasteiger partial charge is 0.251 e. The average molecular weight is 248 g/mol. The number of pyridine rings is 1. The average Bonchev–Trinajstić information content (AvgIpc) is 2.93. The van der Waals surface area contributed by atoms with Gasteiger partial charge in [0.15, 0.2) is 0 Å². The fraction of sp³-hybridized carbons (Fsp3) is 0.538. The van der Waals surface area contributed by atoms with Gasteiger partial charge in [0.1, 0.15) is 5.82 Å². The highest BCUT2D eigenvalue weighted by molar-refractivity contribution is 5.95. The number of carbonyl (C=O) groups is 1. The van der Waals surface area contributed by atoms with Crippen molar-refractivity contribution in [1.82, 2.24) is 10.3 Å². The lowest BCUT2D eigenvalue weighted by atomic mass is 10.1. The number of carbonyl (C=O) groups excluding carboxylic acids is 1. The summed E-state index contributed by atoms with van der Waals surface area (Å²) in [5.41, 5.74) is 4.20. The van der Waals surface area contributed by atoms with E-state index in [9.17, 15) is 4.79 Å². The quantitative estimate of drug-likeness (QED) is 0.556. The Morgan fingerprint density at radius 3 is 2.78 bits per heavy atom. The minimum atomic E-state index is -0.0697. The number of rotatable bonds is 4. The van der Waals surface area contributed by atoms with Crippen LogP contribution >= 0.6 is 0 Å².